The quantitative estimate of drug-likeness (QED) is 0.346. The van der Waals surface area contributed by atoms with Crippen molar-refractivity contribution in [3.8, 4) is 0 Å². The fourth-order valence-electron chi connectivity index (χ4n) is 1.67. The molecule has 0 spiro atoms. The number of carbonyl (C=O) groups excluding carboxylic acids is 1. The monoisotopic (exact) mass is 380 g/mol. The molecule has 2 aromatic rings. The van der Waals surface area contributed by atoms with Crippen molar-refractivity contribution in [3.63, 3.8) is 0 Å². The number of ether oxygens (including phenoxy) is 1. The first kappa shape index (κ1) is 20.6. The lowest BCUT2D eigenvalue weighted by molar-refractivity contribution is -0.673. The van der Waals surface area contributed by atoms with E-state index >= 15 is 0 Å². The summed E-state index contributed by atoms with van der Waals surface area (Å²) >= 11 is 0. The molecule has 7 nitrogen and oxygen atoms in total. The molecule has 0 amide bonds. The number of benzene rings is 1. The predicted octanol–water partition coefficient (Wildman–Crippen LogP) is 1.26. The maximum atomic E-state index is 11.9. The molecule has 11 heteroatoms. The number of nitrogens with zero attached hydrogens (tertiary/aromatic N) is 2. The molecule has 0 radical (unpaired) electrons. The van der Waals surface area contributed by atoms with Crippen molar-refractivity contribution >= 4 is 16.1 Å². The zero-order chi connectivity index (χ0) is 19.3. The van der Waals surface area contributed by atoms with Crippen LogP contribution < -0.4 is 4.57 Å². The molecule has 0 saturated heterocycles. The van der Waals surface area contributed by atoms with Crippen LogP contribution >= 0.6 is 0 Å². The second kappa shape index (κ2) is 8.12. The van der Waals surface area contributed by atoms with Crippen LogP contribution in [0.3, 0.4) is 0 Å². The molecular formula is C14H15F3N2O5S. The van der Waals surface area contributed by atoms with E-state index in [9.17, 15) is 18.0 Å². The third kappa shape index (κ3) is 6.19. The molecule has 0 saturated carbocycles. The fraction of sp³-hybridized carbons (Fsp3) is 0.286. The van der Waals surface area contributed by atoms with Crippen molar-refractivity contribution in [2.24, 2.45) is 14.1 Å². The Morgan fingerprint density at radius 1 is 1.28 bits per heavy atom. The largest absolute Gasteiger partial charge is 0.741 e. The summed E-state index contributed by atoms with van der Waals surface area (Å²) < 4.78 is 67.6. The van der Waals surface area contributed by atoms with Gasteiger partial charge in [-0.2, -0.15) is 13.2 Å². The Balaban J connectivity index is 0.000000333. The molecule has 2 rings (SSSR count). The summed E-state index contributed by atoms with van der Waals surface area (Å²) in [5.74, 6) is 0.213. The minimum atomic E-state index is -6.09. The third-order valence-corrected chi connectivity index (χ3v) is 3.43. The lowest BCUT2D eigenvalue weighted by atomic mass is 10.2. The number of esters is 1. The highest BCUT2D eigenvalue weighted by atomic mass is 32.2. The molecule has 138 valence electrons. The lowest BCUT2D eigenvalue weighted by Crippen LogP contribution is -2.35. The molecule has 1 aromatic carbocycles. The van der Waals surface area contributed by atoms with E-state index in [-0.39, 0.29) is 5.97 Å². The van der Waals surface area contributed by atoms with Gasteiger partial charge in [-0.1, -0.05) is 30.3 Å². The zero-order valence-corrected chi connectivity index (χ0v) is 14.0. The van der Waals surface area contributed by atoms with Gasteiger partial charge in [0.05, 0.1) is 14.1 Å². The van der Waals surface area contributed by atoms with Crippen LogP contribution in [0.4, 0.5) is 13.2 Å². The Kier molecular flexibility index (Phi) is 6.70. The SMILES string of the molecule is Cn1cc[n+](C)c1C(=O)OCc1ccccc1.O=S(=O)([O-])C(F)(F)F. The third-order valence-electron chi connectivity index (χ3n) is 2.86. The molecule has 0 atom stereocenters. The number of halogens is 3. The van der Waals surface area contributed by atoms with Crippen LogP contribution in [-0.4, -0.2) is 29.0 Å². The van der Waals surface area contributed by atoms with Crippen molar-refractivity contribution in [1.82, 2.24) is 4.57 Å². The van der Waals surface area contributed by atoms with Crippen molar-refractivity contribution in [3.05, 3.63) is 54.1 Å². The summed E-state index contributed by atoms with van der Waals surface area (Å²) in [6.45, 7) is 0.296. The molecule has 0 fully saturated rings. The van der Waals surface area contributed by atoms with Gasteiger partial charge in [-0.25, -0.2) is 22.3 Å². The van der Waals surface area contributed by atoms with Gasteiger partial charge in [0.1, 0.15) is 19.0 Å². The zero-order valence-electron chi connectivity index (χ0n) is 13.2. The van der Waals surface area contributed by atoms with E-state index in [1.807, 2.05) is 56.8 Å². The molecule has 0 N–H and O–H groups in total. The van der Waals surface area contributed by atoms with Crippen molar-refractivity contribution in [1.29, 1.82) is 0 Å². The first-order valence-electron chi connectivity index (χ1n) is 6.67. The van der Waals surface area contributed by atoms with E-state index in [0.717, 1.165) is 5.56 Å². The standard InChI is InChI=1S/C13H15N2O2.CHF3O3S/c1-14-8-9-15(2)12(14)13(16)17-10-11-6-4-3-5-7-11;2-1(3,4)8(5,6)7/h3-9H,10H2,1-2H3;(H,5,6,7)/q+1;/p-1. The number of carbonyl (C=O) groups is 1. The van der Waals surface area contributed by atoms with E-state index in [4.69, 9.17) is 17.7 Å². The first-order chi connectivity index (χ1) is 11.4. The Bertz CT molecular complexity index is 797. The number of imidazole rings is 1. The molecule has 0 aliphatic heterocycles. The van der Waals surface area contributed by atoms with Crippen molar-refractivity contribution in [2.45, 2.75) is 12.1 Å². The summed E-state index contributed by atoms with van der Waals surface area (Å²) in [4.78, 5) is 11.9. The number of rotatable bonds is 3. The van der Waals surface area contributed by atoms with Crippen LogP contribution in [0.5, 0.6) is 0 Å². The van der Waals surface area contributed by atoms with Gasteiger partial charge in [0, 0.05) is 0 Å². The second-order valence-electron chi connectivity index (χ2n) is 4.81. The van der Waals surface area contributed by atoms with Gasteiger partial charge < -0.3 is 9.29 Å². The van der Waals surface area contributed by atoms with Gasteiger partial charge in [0.25, 0.3) is 0 Å². The van der Waals surface area contributed by atoms with E-state index in [1.165, 1.54) is 0 Å². The average Bonchev–Trinajstić information content (AvgIpc) is 2.84. The van der Waals surface area contributed by atoms with Crippen LogP contribution in [0.25, 0.3) is 0 Å². The minimum absolute atomic E-state index is 0.296. The predicted molar refractivity (Wildman–Crippen MR) is 77.9 cm³/mol. The molecule has 0 aliphatic rings. The Labute approximate surface area is 142 Å². The van der Waals surface area contributed by atoms with Gasteiger partial charge in [-0.05, 0) is 5.56 Å². The summed E-state index contributed by atoms with van der Waals surface area (Å²) in [6, 6.07) is 9.64. The highest BCUT2D eigenvalue weighted by Gasteiger charge is 2.36. The Morgan fingerprint density at radius 3 is 2.20 bits per heavy atom. The summed E-state index contributed by atoms with van der Waals surface area (Å²) in [6.07, 6.45) is 3.64. The van der Waals surface area contributed by atoms with Gasteiger partial charge in [-0.15, -0.1) is 0 Å². The Morgan fingerprint density at radius 2 is 1.80 bits per heavy atom. The number of hydrogen-bond acceptors (Lipinski definition) is 5. The van der Waals surface area contributed by atoms with Crippen LogP contribution in [0.15, 0.2) is 42.7 Å². The molecule has 0 unspecified atom stereocenters. The van der Waals surface area contributed by atoms with Gasteiger partial charge in [0.15, 0.2) is 10.1 Å². The van der Waals surface area contributed by atoms with Crippen molar-refractivity contribution in [2.75, 3.05) is 0 Å². The number of hydrogen-bond donors (Lipinski definition) is 0. The molecule has 1 heterocycles. The van der Waals surface area contributed by atoms with E-state index in [0.29, 0.717) is 12.4 Å². The average molecular weight is 380 g/mol. The molecule has 0 aliphatic carbocycles. The van der Waals surface area contributed by atoms with Gasteiger partial charge in [0.2, 0.25) is 0 Å². The van der Waals surface area contributed by atoms with E-state index in [2.05, 4.69) is 0 Å². The van der Waals surface area contributed by atoms with Crippen LogP contribution in [0.2, 0.25) is 0 Å². The molecule has 0 bridgehead atoms. The molecular weight excluding hydrogens is 365 g/mol. The second-order valence-corrected chi connectivity index (χ2v) is 6.18. The van der Waals surface area contributed by atoms with Gasteiger partial charge in [-0.3, -0.25) is 0 Å². The molecule has 25 heavy (non-hydrogen) atoms. The first-order valence-corrected chi connectivity index (χ1v) is 8.08. The van der Waals surface area contributed by atoms with Crippen LogP contribution in [0, 0.1) is 0 Å². The summed E-state index contributed by atoms with van der Waals surface area (Å²) in [5, 5.41) is 0. The van der Waals surface area contributed by atoms with Crippen LogP contribution in [0.1, 0.15) is 16.2 Å². The highest BCUT2D eigenvalue weighted by Crippen LogP contribution is 2.20. The van der Waals surface area contributed by atoms with E-state index in [1.54, 1.807) is 9.13 Å². The highest BCUT2D eigenvalue weighted by molar-refractivity contribution is 7.86. The topological polar surface area (TPSA) is 92.3 Å². The lowest BCUT2D eigenvalue weighted by Gasteiger charge is -2.08. The van der Waals surface area contributed by atoms with Crippen LogP contribution in [-0.2, 0) is 35.6 Å². The number of alkyl halides is 3. The number of aromatic nitrogens is 2. The maximum Gasteiger partial charge on any atom is 0.485 e. The van der Waals surface area contributed by atoms with Gasteiger partial charge >= 0.3 is 17.3 Å². The normalized spacial score (nSPS) is 11.4. The van der Waals surface area contributed by atoms with Crippen molar-refractivity contribution < 1.29 is 40.2 Å². The maximum absolute atomic E-state index is 11.9. The summed E-state index contributed by atoms with van der Waals surface area (Å²) in [7, 11) is -2.45. The fourth-order valence-corrected chi connectivity index (χ4v) is 1.67. The smallest absolute Gasteiger partial charge is 0.485 e. The molecule has 1 aromatic heterocycles. The summed E-state index contributed by atoms with van der Waals surface area (Å²) in [5.41, 5.74) is -4.66. The number of aryl methyl sites for hydroxylation is 2. The Hall–Kier alpha value is -2.40. The van der Waals surface area contributed by atoms with E-state index < -0.39 is 15.6 Å². The minimum Gasteiger partial charge on any atom is -0.741 e.